The fourth-order valence-electron chi connectivity index (χ4n) is 2.84. The minimum absolute atomic E-state index is 0.0204. The molecule has 10 heteroatoms. The topological polar surface area (TPSA) is 122 Å². The first kappa shape index (κ1) is 18.3. The number of aryl methyl sites for hydroxylation is 1. The van der Waals surface area contributed by atoms with Gasteiger partial charge in [0.2, 0.25) is 15.9 Å². The lowest BCUT2D eigenvalue weighted by Gasteiger charge is -2.29. The Balaban J connectivity index is 1.79. The first-order valence-corrected chi connectivity index (χ1v) is 10.6. The van der Waals surface area contributed by atoms with E-state index in [4.69, 9.17) is 5.73 Å². The molecule has 1 aliphatic heterocycles. The lowest BCUT2D eigenvalue weighted by atomic mass is 10.0. The average molecular weight is 394 g/mol. The maximum absolute atomic E-state index is 12.4. The van der Waals surface area contributed by atoms with Gasteiger partial charge in [0, 0.05) is 17.5 Å². The number of benzene rings is 1. The maximum atomic E-state index is 12.4. The van der Waals surface area contributed by atoms with Crippen LogP contribution < -0.4 is 15.4 Å². The van der Waals surface area contributed by atoms with Gasteiger partial charge in [-0.2, -0.15) is 0 Å². The molecule has 0 aliphatic carbocycles. The molecule has 2 heterocycles. The molecule has 3 N–H and O–H groups in total. The van der Waals surface area contributed by atoms with Crippen molar-refractivity contribution < 1.29 is 18.0 Å². The van der Waals surface area contributed by atoms with Gasteiger partial charge < -0.3 is 5.73 Å². The third kappa shape index (κ3) is 4.02. The van der Waals surface area contributed by atoms with E-state index in [-0.39, 0.29) is 12.3 Å². The van der Waals surface area contributed by atoms with Gasteiger partial charge in [-0.3, -0.25) is 19.2 Å². The maximum Gasteiger partial charge on any atom is 0.257 e. The summed E-state index contributed by atoms with van der Waals surface area (Å²) >= 11 is 1.21. The van der Waals surface area contributed by atoms with Crippen LogP contribution in [0.25, 0.3) is 0 Å². The van der Waals surface area contributed by atoms with E-state index in [0.29, 0.717) is 41.5 Å². The second kappa shape index (κ2) is 7.04. The number of hydrogen-bond donors (Lipinski definition) is 2. The van der Waals surface area contributed by atoms with Gasteiger partial charge in [-0.15, -0.1) is 11.3 Å². The number of thiazole rings is 1. The highest BCUT2D eigenvalue weighted by atomic mass is 32.2. The van der Waals surface area contributed by atoms with E-state index in [1.807, 2.05) is 0 Å². The molecule has 0 saturated heterocycles. The third-order valence-corrected chi connectivity index (χ3v) is 5.93. The highest BCUT2D eigenvalue weighted by Gasteiger charge is 2.24. The molecule has 1 aliphatic rings. The smallest absolute Gasteiger partial charge is 0.257 e. The van der Waals surface area contributed by atoms with Crippen LogP contribution in [0.1, 0.15) is 28.0 Å². The number of carbonyl (C=O) groups excluding carboxylic acids is 2. The number of fused-ring (bicyclic) bond motifs is 1. The molecule has 1 aromatic carbocycles. The number of anilines is 2. The second-order valence-electron chi connectivity index (χ2n) is 6.02. The van der Waals surface area contributed by atoms with E-state index in [9.17, 15) is 18.0 Å². The van der Waals surface area contributed by atoms with Gasteiger partial charge in [0.25, 0.3) is 5.91 Å². The number of nitrogens with two attached hydrogens (primary N) is 1. The van der Waals surface area contributed by atoms with Gasteiger partial charge in [0.1, 0.15) is 0 Å². The van der Waals surface area contributed by atoms with Crippen molar-refractivity contribution in [1.82, 2.24) is 4.98 Å². The van der Waals surface area contributed by atoms with Crippen LogP contribution in [0, 0.1) is 0 Å². The molecule has 0 atom stereocenters. The lowest BCUT2D eigenvalue weighted by Crippen LogP contribution is -2.34. The SMILES string of the molecule is CS(=O)(=O)N1CCCc2cc(C(=O)Nc3nc(CC(N)=O)cs3)ccc21. The molecule has 2 aromatic rings. The molecule has 2 amide bonds. The van der Waals surface area contributed by atoms with Gasteiger partial charge in [0.15, 0.2) is 5.13 Å². The molecule has 1 aromatic heterocycles. The number of nitrogens with zero attached hydrogens (tertiary/aromatic N) is 2. The molecule has 3 rings (SSSR count). The van der Waals surface area contributed by atoms with E-state index in [2.05, 4.69) is 10.3 Å². The number of primary amides is 1. The van der Waals surface area contributed by atoms with Gasteiger partial charge in [-0.05, 0) is 36.6 Å². The number of aromatic nitrogens is 1. The largest absolute Gasteiger partial charge is 0.369 e. The molecule has 0 bridgehead atoms. The van der Waals surface area contributed by atoms with Crippen LogP contribution in [0.3, 0.4) is 0 Å². The monoisotopic (exact) mass is 394 g/mol. The molecule has 0 fully saturated rings. The van der Waals surface area contributed by atoms with Gasteiger partial charge in [0.05, 0.1) is 24.1 Å². The summed E-state index contributed by atoms with van der Waals surface area (Å²) in [5.74, 6) is -0.831. The standard InChI is InChI=1S/C16H18N4O4S2/c1-26(23,24)20-6-2-3-10-7-11(4-5-13(10)20)15(22)19-16-18-12(9-25-16)8-14(17)21/h4-5,7,9H,2-3,6,8H2,1H3,(H2,17,21)(H,18,19,22). The van der Waals surface area contributed by atoms with Crippen molar-refractivity contribution in [3.63, 3.8) is 0 Å². The number of hydrogen-bond acceptors (Lipinski definition) is 6. The summed E-state index contributed by atoms with van der Waals surface area (Å²) in [5, 5.41) is 4.73. The highest BCUT2D eigenvalue weighted by molar-refractivity contribution is 7.92. The molecule has 0 spiro atoms. The van der Waals surface area contributed by atoms with Gasteiger partial charge >= 0.3 is 0 Å². The van der Waals surface area contributed by atoms with Gasteiger partial charge in [-0.25, -0.2) is 13.4 Å². The lowest BCUT2D eigenvalue weighted by molar-refractivity contribution is -0.117. The van der Waals surface area contributed by atoms with Crippen LogP contribution in [0.2, 0.25) is 0 Å². The molecular formula is C16H18N4O4S2. The van der Waals surface area contributed by atoms with E-state index >= 15 is 0 Å². The summed E-state index contributed by atoms with van der Waals surface area (Å²) in [4.78, 5) is 27.5. The van der Waals surface area contributed by atoms with Crippen molar-refractivity contribution in [3.05, 3.63) is 40.4 Å². The summed E-state index contributed by atoms with van der Waals surface area (Å²) < 4.78 is 25.2. The molecule has 138 valence electrons. The Kier molecular flexibility index (Phi) is 4.97. The summed E-state index contributed by atoms with van der Waals surface area (Å²) in [7, 11) is -3.34. The molecule has 8 nitrogen and oxygen atoms in total. The normalized spacial score (nSPS) is 14.0. The van der Waals surface area contributed by atoms with Crippen molar-refractivity contribution in [2.24, 2.45) is 5.73 Å². The number of carbonyl (C=O) groups is 2. The van der Waals surface area contributed by atoms with E-state index < -0.39 is 15.9 Å². The van der Waals surface area contributed by atoms with Crippen LogP contribution in [0.4, 0.5) is 10.8 Å². The summed E-state index contributed by atoms with van der Waals surface area (Å²) in [5.41, 5.74) is 7.49. The van der Waals surface area contributed by atoms with Crippen molar-refractivity contribution in [3.8, 4) is 0 Å². The number of nitrogens with one attached hydrogen (secondary N) is 1. The van der Waals surface area contributed by atoms with Gasteiger partial charge in [-0.1, -0.05) is 0 Å². The van der Waals surface area contributed by atoms with Crippen molar-refractivity contribution in [1.29, 1.82) is 0 Å². The molecular weight excluding hydrogens is 376 g/mol. The minimum atomic E-state index is -3.34. The predicted octanol–water partition coefficient (Wildman–Crippen LogP) is 1.14. The van der Waals surface area contributed by atoms with Crippen LogP contribution in [-0.4, -0.2) is 38.0 Å². The van der Waals surface area contributed by atoms with Crippen LogP contribution in [0.15, 0.2) is 23.6 Å². The first-order valence-electron chi connectivity index (χ1n) is 7.89. The summed E-state index contributed by atoms with van der Waals surface area (Å²) in [6, 6.07) is 4.96. The summed E-state index contributed by atoms with van der Waals surface area (Å²) in [6.07, 6.45) is 2.61. The third-order valence-electron chi connectivity index (χ3n) is 3.95. The number of sulfonamides is 1. The number of amides is 2. The zero-order valence-corrected chi connectivity index (χ0v) is 15.7. The summed E-state index contributed by atoms with van der Waals surface area (Å²) in [6.45, 7) is 0.444. The quantitative estimate of drug-likeness (QED) is 0.787. The fraction of sp³-hybridized carbons (Fsp3) is 0.312. The van der Waals surface area contributed by atoms with Crippen molar-refractivity contribution in [2.75, 3.05) is 22.4 Å². The van der Waals surface area contributed by atoms with Crippen LogP contribution in [0.5, 0.6) is 0 Å². The van der Waals surface area contributed by atoms with E-state index in [1.165, 1.54) is 21.9 Å². The van der Waals surface area contributed by atoms with Crippen LogP contribution >= 0.6 is 11.3 Å². The Morgan fingerprint density at radius 2 is 2.15 bits per heavy atom. The van der Waals surface area contributed by atoms with Crippen molar-refractivity contribution in [2.45, 2.75) is 19.3 Å². The minimum Gasteiger partial charge on any atom is -0.369 e. The predicted molar refractivity (Wildman–Crippen MR) is 99.9 cm³/mol. The molecule has 0 radical (unpaired) electrons. The molecule has 0 saturated carbocycles. The van der Waals surface area contributed by atoms with Crippen molar-refractivity contribution >= 4 is 44.0 Å². The van der Waals surface area contributed by atoms with Crippen LogP contribution in [-0.2, 0) is 27.7 Å². The highest BCUT2D eigenvalue weighted by Crippen LogP contribution is 2.30. The Bertz CT molecular complexity index is 968. The number of rotatable bonds is 5. The Morgan fingerprint density at radius 1 is 1.38 bits per heavy atom. The zero-order valence-electron chi connectivity index (χ0n) is 14.1. The van der Waals surface area contributed by atoms with E-state index in [0.717, 1.165) is 5.56 Å². The molecule has 0 unspecified atom stereocenters. The average Bonchev–Trinajstić information content (AvgIpc) is 2.98. The fourth-order valence-corrected chi connectivity index (χ4v) is 4.54. The Morgan fingerprint density at radius 3 is 2.85 bits per heavy atom. The zero-order chi connectivity index (χ0) is 18.9. The second-order valence-corrected chi connectivity index (χ2v) is 8.79. The van der Waals surface area contributed by atoms with E-state index in [1.54, 1.807) is 23.6 Å². The molecule has 26 heavy (non-hydrogen) atoms. The Hall–Kier alpha value is -2.46. The Labute approximate surface area is 155 Å². The first-order chi connectivity index (χ1) is 12.2.